The standard InChI is InChI=1S/C16H13F3O4/c1-22-14(20)13(15(21)23-9-16(17,18)19)12-8-4-6-10-5-2-3-7-11(10)12/h2-8,13H,9H2,1H3. The molecule has 2 rings (SSSR count). The fourth-order valence-corrected chi connectivity index (χ4v) is 2.21. The Morgan fingerprint density at radius 3 is 2.35 bits per heavy atom. The molecular formula is C16H13F3O4. The second-order valence-electron chi connectivity index (χ2n) is 4.75. The predicted molar refractivity (Wildman–Crippen MR) is 75.7 cm³/mol. The molecule has 0 aromatic heterocycles. The molecule has 0 aliphatic rings. The Morgan fingerprint density at radius 1 is 1.04 bits per heavy atom. The minimum Gasteiger partial charge on any atom is -0.468 e. The Hall–Kier alpha value is -2.57. The number of fused-ring (bicyclic) bond motifs is 1. The number of carbonyl (C=O) groups excluding carboxylic acids is 2. The van der Waals surface area contributed by atoms with Crippen LogP contribution in [0.4, 0.5) is 13.2 Å². The summed E-state index contributed by atoms with van der Waals surface area (Å²) in [5, 5.41) is 1.30. The van der Waals surface area contributed by atoms with Crippen molar-refractivity contribution >= 4 is 22.7 Å². The van der Waals surface area contributed by atoms with Gasteiger partial charge in [0.25, 0.3) is 0 Å². The van der Waals surface area contributed by atoms with Crippen molar-refractivity contribution in [2.45, 2.75) is 12.1 Å². The maximum absolute atomic E-state index is 12.2. The molecule has 7 heteroatoms. The van der Waals surface area contributed by atoms with Gasteiger partial charge in [0.2, 0.25) is 0 Å². The summed E-state index contributed by atoms with van der Waals surface area (Å²) in [6.07, 6.45) is -4.67. The summed E-state index contributed by atoms with van der Waals surface area (Å²) in [6, 6.07) is 11.7. The third-order valence-corrected chi connectivity index (χ3v) is 3.19. The number of methoxy groups -OCH3 is 1. The molecule has 1 unspecified atom stereocenters. The average molecular weight is 326 g/mol. The third-order valence-electron chi connectivity index (χ3n) is 3.19. The van der Waals surface area contributed by atoms with E-state index in [9.17, 15) is 22.8 Å². The zero-order chi connectivity index (χ0) is 17.0. The zero-order valence-electron chi connectivity index (χ0n) is 12.1. The van der Waals surface area contributed by atoms with E-state index in [1.165, 1.54) is 6.07 Å². The highest BCUT2D eigenvalue weighted by Gasteiger charge is 2.36. The van der Waals surface area contributed by atoms with E-state index in [0.29, 0.717) is 5.39 Å². The van der Waals surface area contributed by atoms with Gasteiger partial charge in [0, 0.05) is 0 Å². The normalized spacial score (nSPS) is 12.7. The first kappa shape index (κ1) is 16.8. The summed E-state index contributed by atoms with van der Waals surface area (Å²) >= 11 is 0. The van der Waals surface area contributed by atoms with Gasteiger partial charge in [-0.1, -0.05) is 42.5 Å². The van der Waals surface area contributed by atoms with Gasteiger partial charge in [0.15, 0.2) is 12.5 Å². The Bertz CT molecular complexity index is 719. The molecule has 0 fully saturated rings. The van der Waals surface area contributed by atoms with Gasteiger partial charge < -0.3 is 9.47 Å². The molecule has 0 N–H and O–H groups in total. The molecule has 4 nitrogen and oxygen atoms in total. The van der Waals surface area contributed by atoms with Crippen molar-refractivity contribution in [3.8, 4) is 0 Å². The van der Waals surface area contributed by atoms with Crippen LogP contribution >= 0.6 is 0 Å². The number of esters is 2. The van der Waals surface area contributed by atoms with Gasteiger partial charge >= 0.3 is 18.1 Å². The van der Waals surface area contributed by atoms with Crippen molar-refractivity contribution in [3.05, 3.63) is 48.0 Å². The van der Waals surface area contributed by atoms with Crippen LogP contribution in [0.15, 0.2) is 42.5 Å². The summed E-state index contributed by atoms with van der Waals surface area (Å²) in [7, 11) is 1.05. The van der Waals surface area contributed by atoms with Gasteiger partial charge in [0.1, 0.15) is 0 Å². The number of hydrogen-bond acceptors (Lipinski definition) is 4. The third kappa shape index (κ3) is 4.00. The van der Waals surface area contributed by atoms with E-state index in [-0.39, 0.29) is 5.56 Å². The van der Waals surface area contributed by atoms with Crippen LogP contribution in [0.25, 0.3) is 10.8 Å². The van der Waals surface area contributed by atoms with E-state index < -0.39 is 30.6 Å². The smallest absolute Gasteiger partial charge is 0.422 e. The van der Waals surface area contributed by atoms with Crippen LogP contribution in [0.5, 0.6) is 0 Å². The van der Waals surface area contributed by atoms with Gasteiger partial charge in [-0.3, -0.25) is 9.59 Å². The van der Waals surface area contributed by atoms with Crippen LogP contribution in [0, 0.1) is 0 Å². The lowest BCUT2D eigenvalue weighted by atomic mass is 9.93. The number of carbonyl (C=O) groups is 2. The molecule has 0 bridgehead atoms. The summed E-state index contributed by atoms with van der Waals surface area (Å²) in [4.78, 5) is 23.9. The average Bonchev–Trinajstić information content (AvgIpc) is 2.52. The minimum absolute atomic E-state index is 0.238. The fraction of sp³-hybridized carbons (Fsp3) is 0.250. The van der Waals surface area contributed by atoms with Crippen molar-refractivity contribution in [1.29, 1.82) is 0 Å². The molecule has 122 valence electrons. The van der Waals surface area contributed by atoms with E-state index in [4.69, 9.17) is 0 Å². The molecule has 23 heavy (non-hydrogen) atoms. The van der Waals surface area contributed by atoms with Crippen molar-refractivity contribution in [2.75, 3.05) is 13.7 Å². The van der Waals surface area contributed by atoms with E-state index in [2.05, 4.69) is 9.47 Å². The summed E-state index contributed by atoms with van der Waals surface area (Å²) < 4.78 is 45.5. The number of benzene rings is 2. The van der Waals surface area contributed by atoms with Crippen LogP contribution in [-0.4, -0.2) is 31.8 Å². The minimum atomic E-state index is -4.67. The number of hydrogen-bond donors (Lipinski definition) is 0. The van der Waals surface area contributed by atoms with Crippen LogP contribution in [-0.2, 0) is 19.1 Å². The van der Waals surface area contributed by atoms with E-state index in [1.54, 1.807) is 36.4 Å². The van der Waals surface area contributed by atoms with E-state index in [0.717, 1.165) is 12.5 Å². The molecule has 0 spiro atoms. The number of rotatable bonds is 4. The first-order valence-corrected chi connectivity index (χ1v) is 6.62. The molecule has 2 aromatic carbocycles. The molecule has 0 aliphatic carbocycles. The largest absolute Gasteiger partial charge is 0.468 e. The highest BCUT2D eigenvalue weighted by atomic mass is 19.4. The highest BCUT2D eigenvalue weighted by molar-refractivity contribution is 6.04. The second-order valence-corrected chi connectivity index (χ2v) is 4.75. The molecule has 0 aliphatic heterocycles. The lowest BCUT2D eigenvalue weighted by Crippen LogP contribution is -2.29. The maximum Gasteiger partial charge on any atom is 0.422 e. The van der Waals surface area contributed by atoms with Gasteiger partial charge in [0.05, 0.1) is 7.11 Å². The number of ether oxygens (including phenoxy) is 2. The lowest BCUT2D eigenvalue weighted by Gasteiger charge is -2.17. The Labute approximate surface area is 129 Å². The first-order valence-electron chi connectivity index (χ1n) is 6.62. The highest BCUT2D eigenvalue weighted by Crippen LogP contribution is 2.28. The monoisotopic (exact) mass is 326 g/mol. The molecule has 0 radical (unpaired) electrons. The Kier molecular flexibility index (Phi) is 4.88. The quantitative estimate of drug-likeness (QED) is 0.639. The van der Waals surface area contributed by atoms with Crippen LogP contribution in [0.3, 0.4) is 0 Å². The van der Waals surface area contributed by atoms with Crippen molar-refractivity contribution in [2.24, 2.45) is 0 Å². The van der Waals surface area contributed by atoms with Gasteiger partial charge in [-0.15, -0.1) is 0 Å². The molecule has 0 saturated carbocycles. The summed E-state index contributed by atoms with van der Waals surface area (Å²) in [5.41, 5.74) is 0.238. The molecule has 1 atom stereocenters. The summed E-state index contributed by atoms with van der Waals surface area (Å²) in [6.45, 7) is -1.76. The van der Waals surface area contributed by atoms with E-state index >= 15 is 0 Å². The number of halogens is 3. The summed E-state index contributed by atoms with van der Waals surface area (Å²) in [5.74, 6) is -3.85. The predicted octanol–water partition coefficient (Wildman–Crippen LogP) is 3.20. The van der Waals surface area contributed by atoms with E-state index in [1.807, 2.05) is 0 Å². The van der Waals surface area contributed by atoms with Crippen molar-refractivity contribution in [3.63, 3.8) is 0 Å². The number of alkyl halides is 3. The zero-order valence-corrected chi connectivity index (χ0v) is 12.1. The van der Waals surface area contributed by atoms with Gasteiger partial charge in [-0.2, -0.15) is 13.2 Å². The van der Waals surface area contributed by atoms with Gasteiger partial charge in [-0.25, -0.2) is 0 Å². The second kappa shape index (κ2) is 6.68. The Morgan fingerprint density at radius 2 is 1.70 bits per heavy atom. The molecule has 2 aromatic rings. The first-order chi connectivity index (χ1) is 10.8. The molecule has 0 amide bonds. The van der Waals surface area contributed by atoms with Crippen LogP contribution in [0.1, 0.15) is 11.5 Å². The SMILES string of the molecule is COC(=O)C(C(=O)OCC(F)(F)F)c1cccc2ccccc12. The van der Waals surface area contributed by atoms with Crippen LogP contribution < -0.4 is 0 Å². The fourth-order valence-electron chi connectivity index (χ4n) is 2.21. The topological polar surface area (TPSA) is 52.6 Å². The molecule has 0 saturated heterocycles. The molecule has 0 heterocycles. The van der Waals surface area contributed by atoms with Crippen molar-refractivity contribution < 1.29 is 32.2 Å². The van der Waals surface area contributed by atoms with Crippen molar-refractivity contribution in [1.82, 2.24) is 0 Å². The Balaban J connectivity index is 2.42. The van der Waals surface area contributed by atoms with Crippen LogP contribution in [0.2, 0.25) is 0 Å². The van der Waals surface area contributed by atoms with Gasteiger partial charge in [-0.05, 0) is 16.3 Å². The molecular weight excluding hydrogens is 313 g/mol. The maximum atomic E-state index is 12.2. The lowest BCUT2D eigenvalue weighted by molar-refractivity contribution is -0.189.